The molecule has 1 saturated carbocycles. The van der Waals surface area contributed by atoms with Gasteiger partial charge in [0.1, 0.15) is 0 Å². The number of rotatable bonds is 5. The lowest BCUT2D eigenvalue weighted by molar-refractivity contribution is 0.0697. The smallest absolute Gasteiger partial charge is 0.335 e. The van der Waals surface area contributed by atoms with Crippen LogP contribution in [0.25, 0.3) is 0 Å². The molecule has 0 atom stereocenters. The highest BCUT2D eigenvalue weighted by atomic mass is 16.4. The van der Waals surface area contributed by atoms with Gasteiger partial charge < -0.3 is 15.0 Å². The third kappa shape index (κ3) is 2.59. The van der Waals surface area contributed by atoms with Crippen LogP contribution in [0.1, 0.15) is 34.9 Å². The van der Waals surface area contributed by atoms with E-state index >= 15 is 0 Å². The second-order valence-electron chi connectivity index (χ2n) is 4.76. The van der Waals surface area contributed by atoms with Crippen molar-refractivity contribution in [2.24, 2.45) is 0 Å². The van der Waals surface area contributed by atoms with E-state index in [0.29, 0.717) is 18.2 Å². The molecule has 1 aromatic heterocycles. The maximum atomic E-state index is 10.8. The summed E-state index contributed by atoms with van der Waals surface area (Å²) in [7, 11) is 0. The van der Waals surface area contributed by atoms with Crippen molar-refractivity contribution in [1.82, 2.24) is 9.55 Å². The number of carboxylic acid groups (broad SMARTS) is 1. The van der Waals surface area contributed by atoms with Gasteiger partial charge >= 0.3 is 5.97 Å². The average Bonchev–Trinajstić information content (AvgIpc) is 3.16. The molecule has 1 heterocycles. The van der Waals surface area contributed by atoms with E-state index in [2.05, 4.69) is 14.9 Å². The Morgan fingerprint density at radius 2 is 2.11 bits per heavy atom. The maximum absolute atomic E-state index is 10.8. The first-order valence-electron chi connectivity index (χ1n) is 6.32. The van der Waals surface area contributed by atoms with Gasteiger partial charge in [0.15, 0.2) is 0 Å². The standard InChI is InChI=1S/C14H15N3O2/c18-14(19)10-1-3-11(4-2-10)16-8-13-7-15-9-17(13)12-5-6-12/h1-4,7,9,12,16H,5-6,8H2,(H,18,19). The van der Waals surface area contributed by atoms with E-state index in [1.165, 1.54) is 12.8 Å². The van der Waals surface area contributed by atoms with Crippen LogP contribution >= 0.6 is 0 Å². The van der Waals surface area contributed by atoms with E-state index in [-0.39, 0.29) is 0 Å². The minimum Gasteiger partial charge on any atom is -0.478 e. The largest absolute Gasteiger partial charge is 0.478 e. The second-order valence-corrected chi connectivity index (χ2v) is 4.76. The van der Waals surface area contributed by atoms with Crippen LogP contribution in [-0.2, 0) is 6.54 Å². The third-order valence-corrected chi connectivity index (χ3v) is 3.29. The quantitative estimate of drug-likeness (QED) is 0.863. The van der Waals surface area contributed by atoms with Gasteiger partial charge in [0.2, 0.25) is 0 Å². The summed E-state index contributed by atoms with van der Waals surface area (Å²) in [5, 5.41) is 12.1. The molecule has 0 radical (unpaired) electrons. The molecule has 5 nitrogen and oxygen atoms in total. The Balaban J connectivity index is 1.65. The van der Waals surface area contributed by atoms with Crippen LogP contribution < -0.4 is 5.32 Å². The highest BCUT2D eigenvalue weighted by molar-refractivity contribution is 5.87. The second kappa shape index (κ2) is 4.76. The summed E-state index contributed by atoms with van der Waals surface area (Å²) < 4.78 is 2.21. The van der Waals surface area contributed by atoms with Gasteiger partial charge in [-0.15, -0.1) is 0 Å². The fourth-order valence-electron chi connectivity index (χ4n) is 2.07. The van der Waals surface area contributed by atoms with Crippen LogP contribution in [0.2, 0.25) is 0 Å². The van der Waals surface area contributed by atoms with Gasteiger partial charge in [-0.1, -0.05) is 0 Å². The summed E-state index contributed by atoms with van der Waals surface area (Å²) in [5.41, 5.74) is 2.37. The number of nitrogens with zero attached hydrogens (tertiary/aromatic N) is 2. The predicted octanol–water partition coefficient (Wildman–Crippen LogP) is 2.53. The Bertz CT molecular complexity index is 585. The normalized spacial score (nSPS) is 14.3. The number of hydrogen-bond donors (Lipinski definition) is 2. The Hall–Kier alpha value is -2.30. The first-order chi connectivity index (χ1) is 9.24. The maximum Gasteiger partial charge on any atom is 0.335 e. The van der Waals surface area contributed by atoms with Gasteiger partial charge in [-0.25, -0.2) is 9.78 Å². The molecule has 1 aliphatic carbocycles. The molecule has 1 aliphatic rings. The molecule has 1 aromatic carbocycles. The minimum absolute atomic E-state index is 0.300. The fourth-order valence-corrected chi connectivity index (χ4v) is 2.07. The van der Waals surface area contributed by atoms with Crippen LogP contribution in [0.3, 0.4) is 0 Å². The van der Waals surface area contributed by atoms with Crippen molar-refractivity contribution >= 4 is 11.7 Å². The Kier molecular flexibility index (Phi) is 2.95. The first-order valence-corrected chi connectivity index (χ1v) is 6.32. The van der Waals surface area contributed by atoms with Gasteiger partial charge in [-0.05, 0) is 37.1 Å². The zero-order valence-corrected chi connectivity index (χ0v) is 10.4. The predicted molar refractivity (Wildman–Crippen MR) is 71.2 cm³/mol. The van der Waals surface area contributed by atoms with Crippen molar-refractivity contribution in [2.45, 2.75) is 25.4 Å². The van der Waals surface area contributed by atoms with Gasteiger partial charge in [0.25, 0.3) is 0 Å². The van der Waals surface area contributed by atoms with Gasteiger partial charge in [-0.3, -0.25) is 0 Å². The number of hydrogen-bond acceptors (Lipinski definition) is 3. The summed E-state index contributed by atoms with van der Waals surface area (Å²) in [4.78, 5) is 14.9. The van der Waals surface area contributed by atoms with Crippen molar-refractivity contribution in [2.75, 3.05) is 5.32 Å². The van der Waals surface area contributed by atoms with Gasteiger partial charge in [0, 0.05) is 17.9 Å². The molecular weight excluding hydrogens is 242 g/mol. The fraction of sp³-hybridized carbons (Fsp3) is 0.286. The molecular formula is C14H15N3O2. The molecule has 1 fully saturated rings. The van der Waals surface area contributed by atoms with E-state index in [1.807, 2.05) is 12.5 Å². The highest BCUT2D eigenvalue weighted by Crippen LogP contribution is 2.35. The Labute approximate surface area is 110 Å². The summed E-state index contributed by atoms with van der Waals surface area (Å²) in [6.45, 7) is 0.697. The van der Waals surface area contributed by atoms with E-state index in [1.54, 1.807) is 24.3 Å². The summed E-state index contributed by atoms with van der Waals surface area (Å²) >= 11 is 0. The zero-order valence-electron chi connectivity index (χ0n) is 10.4. The van der Waals surface area contributed by atoms with Gasteiger partial charge in [0.05, 0.1) is 24.1 Å². The van der Waals surface area contributed by atoms with Gasteiger partial charge in [-0.2, -0.15) is 0 Å². The van der Waals surface area contributed by atoms with Crippen molar-refractivity contribution in [1.29, 1.82) is 0 Å². The number of aromatic nitrogens is 2. The van der Waals surface area contributed by atoms with Crippen LogP contribution in [-0.4, -0.2) is 20.6 Å². The van der Waals surface area contributed by atoms with Crippen molar-refractivity contribution in [3.63, 3.8) is 0 Å². The molecule has 2 aromatic rings. The number of nitrogens with one attached hydrogen (secondary N) is 1. The van der Waals surface area contributed by atoms with Crippen LogP contribution in [0, 0.1) is 0 Å². The van der Waals surface area contributed by atoms with E-state index in [0.717, 1.165) is 11.4 Å². The van der Waals surface area contributed by atoms with Crippen LogP contribution in [0.5, 0.6) is 0 Å². The number of anilines is 1. The molecule has 0 aliphatic heterocycles. The average molecular weight is 257 g/mol. The third-order valence-electron chi connectivity index (χ3n) is 3.29. The molecule has 0 amide bonds. The Morgan fingerprint density at radius 3 is 2.74 bits per heavy atom. The lowest BCUT2D eigenvalue weighted by Crippen LogP contribution is -2.06. The topological polar surface area (TPSA) is 67.2 Å². The van der Waals surface area contributed by atoms with Crippen molar-refractivity contribution in [3.05, 3.63) is 48.0 Å². The van der Waals surface area contributed by atoms with E-state index < -0.39 is 5.97 Å². The molecule has 19 heavy (non-hydrogen) atoms. The number of aromatic carboxylic acids is 1. The molecule has 5 heteroatoms. The van der Waals surface area contributed by atoms with E-state index in [9.17, 15) is 4.79 Å². The minimum atomic E-state index is -0.904. The zero-order chi connectivity index (χ0) is 13.2. The van der Waals surface area contributed by atoms with Crippen LogP contribution in [0.4, 0.5) is 5.69 Å². The number of carboxylic acids is 1. The highest BCUT2D eigenvalue weighted by Gasteiger charge is 2.24. The number of carbonyl (C=O) groups is 1. The Morgan fingerprint density at radius 1 is 1.37 bits per heavy atom. The first kappa shape index (κ1) is 11.8. The van der Waals surface area contributed by atoms with Crippen molar-refractivity contribution < 1.29 is 9.90 Å². The molecule has 3 rings (SSSR count). The van der Waals surface area contributed by atoms with E-state index in [4.69, 9.17) is 5.11 Å². The molecule has 0 bridgehead atoms. The van der Waals surface area contributed by atoms with Crippen LogP contribution in [0.15, 0.2) is 36.8 Å². The summed E-state index contributed by atoms with van der Waals surface area (Å²) in [5.74, 6) is -0.904. The lowest BCUT2D eigenvalue weighted by Gasteiger charge is -2.09. The number of imidazole rings is 1. The van der Waals surface area contributed by atoms with Crippen molar-refractivity contribution in [3.8, 4) is 0 Å². The lowest BCUT2D eigenvalue weighted by atomic mass is 10.2. The molecule has 0 saturated heterocycles. The molecule has 0 unspecified atom stereocenters. The molecule has 98 valence electrons. The summed E-state index contributed by atoms with van der Waals surface area (Å²) in [6, 6.07) is 7.38. The molecule has 2 N–H and O–H groups in total. The molecule has 0 spiro atoms. The SMILES string of the molecule is O=C(O)c1ccc(NCc2cncn2C2CC2)cc1. The summed E-state index contributed by atoms with van der Waals surface area (Å²) in [6.07, 6.45) is 6.21. The monoisotopic (exact) mass is 257 g/mol. The number of benzene rings is 1.